The second kappa shape index (κ2) is 5.54. The van der Waals surface area contributed by atoms with Gasteiger partial charge in [-0.15, -0.1) is 0 Å². The number of aromatic amines is 1. The standard InChI is InChI=1S/C15H17N3O4S/c19-23(20)4-3-12(8-23)16-6-11-7-17-18-15(11)10-1-2-13-14(5-10)22-9-21-13/h1-2,5,7,12,16H,3-4,6,8-9H2,(H,17,18)/t12-/m0/s1. The highest BCUT2D eigenvalue weighted by molar-refractivity contribution is 7.91. The fraction of sp³-hybridized carbons (Fsp3) is 0.400. The summed E-state index contributed by atoms with van der Waals surface area (Å²) in [5.74, 6) is 1.94. The van der Waals surface area contributed by atoms with Crippen molar-refractivity contribution in [1.29, 1.82) is 0 Å². The van der Waals surface area contributed by atoms with Crippen LogP contribution in [-0.4, -0.2) is 43.0 Å². The molecule has 7 nitrogen and oxygen atoms in total. The summed E-state index contributed by atoms with van der Waals surface area (Å²) in [4.78, 5) is 0. The van der Waals surface area contributed by atoms with Crippen LogP contribution in [0.4, 0.5) is 0 Å². The molecule has 1 saturated heterocycles. The molecule has 23 heavy (non-hydrogen) atoms. The van der Waals surface area contributed by atoms with Crippen molar-refractivity contribution in [2.75, 3.05) is 18.3 Å². The third-order valence-electron chi connectivity index (χ3n) is 4.19. The van der Waals surface area contributed by atoms with E-state index in [2.05, 4.69) is 15.5 Å². The SMILES string of the molecule is O=S1(=O)CC[C@H](NCc2cn[nH]c2-c2ccc3c(c2)OCO3)C1. The summed E-state index contributed by atoms with van der Waals surface area (Å²) in [5.41, 5.74) is 2.85. The maximum Gasteiger partial charge on any atom is 0.231 e. The zero-order chi connectivity index (χ0) is 15.9. The van der Waals surface area contributed by atoms with E-state index >= 15 is 0 Å². The number of hydrogen-bond donors (Lipinski definition) is 2. The van der Waals surface area contributed by atoms with Crippen LogP contribution in [0.2, 0.25) is 0 Å². The van der Waals surface area contributed by atoms with Crippen LogP contribution in [0.25, 0.3) is 11.3 Å². The Hall–Kier alpha value is -2.06. The predicted molar refractivity (Wildman–Crippen MR) is 84.0 cm³/mol. The smallest absolute Gasteiger partial charge is 0.231 e. The van der Waals surface area contributed by atoms with E-state index in [1.165, 1.54) is 0 Å². The third-order valence-corrected chi connectivity index (χ3v) is 5.96. The number of rotatable bonds is 4. The van der Waals surface area contributed by atoms with E-state index in [1.54, 1.807) is 6.20 Å². The quantitative estimate of drug-likeness (QED) is 0.868. The Balaban J connectivity index is 1.50. The molecule has 2 aliphatic rings. The third kappa shape index (κ3) is 2.91. The molecule has 1 fully saturated rings. The Morgan fingerprint density at radius 1 is 1.30 bits per heavy atom. The maximum atomic E-state index is 11.5. The van der Waals surface area contributed by atoms with Gasteiger partial charge in [-0.2, -0.15) is 5.10 Å². The molecule has 2 aliphatic heterocycles. The van der Waals surface area contributed by atoms with Crippen LogP contribution >= 0.6 is 0 Å². The Morgan fingerprint density at radius 2 is 2.17 bits per heavy atom. The van der Waals surface area contributed by atoms with Crippen molar-refractivity contribution < 1.29 is 17.9 Å². The van der Waals surface area contributed by atoms with E-state index in [9.17, 15) is 8.42 Å². The zero-order valence-electron chi connectivity index (χ0n) is 12.4. The van der Waals surface area contributed by atoms with Gasteiger partial charge in [0.2, 0.25) is 6.79 Å². The number of hydrogen-bond acceptors (Lipinski definition) is 6. The van der Waals surface area contributed by atoms with Gasteiger partial charge in [-0.25, -0.2) is 8.42 Å². The molecular weight excluding hydrogens is 318 g/mol. The van der Waals surface area contributed by atoms with Crippen molar-refractivity contribution in [2.24, 2.45) is 0 Å². The lowest BCUT2D eigenvalue weighted by atomic mass is 10.1. The van der Waals surface area contributed by atoms with Crippen LogP contribution in [-0.2, 0) is 16.4 Å². The molecule has 3 heterocycles. The molecule has 0 aliphatic carbocycles. The van der Waals surface area contributed by atoms with Crippen LogP contribution < -0.4 is 14.8 Å². The first kappa shape index (κ1) is 14.5. The Kier molecular flexibility index (Phi) is 3.50. The fourth-order valence-electron chi connectivity index (χ4n) is 2.96. The number of sulfone groups is 1. The summed E-state index contributed by atoms with van der Waals surface area (Å²) in [6, 6.07) is 5.75. The van der Waals surface area contributed by atoms with E-state index in [-0.39, 0.29) is 24.3 Å². The molecular formula is C15H17N3O4S. The molecule has 0 spiro atoms. The maximum absolute atomic E-state index is 11.5. The van der Waals surface area contributed by atoms with E-state index in [0.29, 0.717) is 13.0 Å². The number of aromatic nitrogens is 2. The van der Waals surface area contributed by atoms with Gasteiger partial charge >= 0.3 is 0 Å². The van der Waals surface area contributed by atoms with Gasteiger partial charge in [0.05, 0.1) is 23.4 Å². The van der Waals surface area contributed by atoms with Crippen molar-refractivity contribution in [3.63, 3.8) is 0 Å². The lowest BCUT2D eigenvalue weighted by Crippen LogP contribution is -2.29. The number of nitrogens with one attached hydrogen (secondary N) is 2. The van der Waals surface area contributed by atoms with Gasteiger partial charge in [-0.1, -0.05) is 0 Å². The second-order valence-electron chi connectivity index (χ2n) is 5.82. The Labute approximate surface area is 133 Å². The molecule has 122 valence electrons. The van der Waals surface area contributed by atoms with E-state index in [4.69, 9.17) is 9.47 Å². The summed E-state index contributed by atoms with van der Waals surface area (Å²) >= 11 is 0. The summed E-state index contributed by atoms with van der Waals surface area (Å²) in [7, 11) is -2.87. The highest BCUT2D eigenvalue weighted by Gasteiger charge is 2.27. The summed E-state index contributed by atoms with van der Waals surface area (Å²) in [5, 5.41) is 10.4. The normalized spacial score (nSPS) is 21.7. The topological polar surface area (TPSA) is 93.3 Å². The minimum atomic E-state index is -2.87. The molecule has 0 saturated carbocycles. The summed E-state index contributed by atoms with van der Waals surface area (Å²) in [6.45, 7) is 0.812. The number of H-pyrrole nitrogens is 1. The largest absolute Gasteiger partial charge is 0.454 e. The molecule has 0 amide bonds. The van der Waals surface area contributed by atoms with Crippen molar-refractivity contribution >= 4 is 9.84 Å². The van der Waals surface area contributed by atoms with Crippen molar-refractivity contribution in [1.82, 2.24) is 15.5 Å². The lowest BCUT2D eigenvalue weighted by Gasteiger charge is -2.11. The average molecular weight is 335 g/mol. The van der Waals surface area contributed by atoms with Crippen LogP contribution in [0.3, 0.4) is 0 Å². The van der Waals surface area contributed by atoms with E-state index in [0.717, 1.165) is 28.3 Å². The second-order valence-corrected chi connectivity index (χ2v) is 8.05. The summed E-state index contributed by atoms with van der Waals surface area (Å²) in [6.07, 6.45) is 2.43. The van der Waals surface area contributed by atoms with Gasteiger partial charge in [0.25, 0.3) is 0 Å². The first-order valence-electron chi connectivity index (χ1n) is 7.47. The van der Waals surface area contributed by atoms with Gasteiger partial charge in [0.1, 0.15) is 0 Å². The number of fused-ring (bicyclic) bond motifs is 1. The van der Waals surface area contributed by atoms with Gasteiger partial charge in [-0.3, -0.25) is 5.10 Å². The fourth-order valence-corrected chi connectivity index (χ4v) is 4.67. The molecule has 4 rings (SSSR count). The molecule has 1 atom stereocenters. The molecule has 1 aromatic heterocycles. The Bertz CT molecular complexity index is 831. The van der Waals surface area contributed by atoms with Crippen molar-refractivity contribution in [3.05, 3.63) is 30.0 Å². The monoisotopic (exact) mass is 335 g/mol. The van der Waals surface area contributed by atoms with Gasteiger partial charge in [0.15, 0.2) is 21.3 Å². The molecule has 1 aromatic carbocycles. The predicted octanol–water partition coefficient (Wildman–Crippen LogP) is 1.08. The highest BCUT2D eigenvalue weighted by Crippen LogP contribution is 2.36. The van der Waals surface area contributed by atoms with Crippen molar-refractivity contribution in [2.45, 2.75) is 19.0 Å². The van der Waals surface area contributed by atoms with Crippen LogP contribution in [0.5, 0.6) is 11.5 Å². The van der Waals surface area contributed by atoms with Gasteiger partial charge in [0, 0.05) is 23.7 Å². The minimum Gasteiger partial charge on any atom is -0.454 e. The van der Waals surface area contributed by atoms with Gasteiger partial charge < -0.3 is 14.8 Å². The van der Waals surface area contributed by atoms with Crippen LogP contribution in [0.15, 0.2) is 24.4 Å². The van der Waals surface area contributed by atoms with E-state index in [1.807, 2.05) is 18.2 Å². The number of ether oxygens (including phenoxy) is 2. The summed E-state index contributed by atoms with van der Waals surface area (Å²) < 4.78 is 33.8. The number of benzene rings is 1. The lowest BCUT2D eigenvalue weighted by molar-refractivity contribution is 0.174. The van der Waals surface area contributed by atoms with Crippen molar-refractivity contribution in [3.8, 4) is 22.8 Å². The highest BCUT2D eigenvalue weighted by atomic mass is 32.2. The number of nitrogens with zero attached hydrogens (tertiary/aromatic N) is 1. The molecule has 0 radical (unpaired) electrons. The van der Waals surface area contributed by atoms with Crippen LogP contribution in [0.1, 0.15) is 12.0 Å². The molecule has 0 bridgehead atoms. The van der Waals surface area contributed by atoms with Gasteiger partial charge in [-0.05, 0) is 24.6 Å². The molecule has 0 unspecified atom stereocenters. The first-order chi connectivity index (χ1) is 11.1. The first-order valence-corrected chi connectivity index (χ1v) is 9.29. The zero-order valence-corrected chi connectivity index (χ0v) is 13.2. The van der Waals surface area contributed by atoms with Crippen LogP contribution in [0, 0.1) is 0 Å². The molecule has 2 aromatic rings. The minimum absolute atomic E-state index is 0.0134. The molecule has 2 N–H and O–H groups in total. The Morgan fingerprint density at radius 3 is 3.00 bits per heavy atom. The molecule has 8 heteroatoms. The van der Waals surface area contributed by atoms with E-state index < -0.39 is 9.84 Å². The average Bonchev–Trinajstić information content (AvgIpc) is 3.23.